The quantitative estimate of drug-likeness (QED) is 0.468. The molecule has 1 amide bonds. The number of nitrogens with one attached hydrogen (secondary N) is 1. The van der Waals surface area contributed by atoms with Crippen LogP contribution in [0.15, 0.2) is 83.8 Å². The Bertz CT molecular complexity index is 1150. The lowest BCUT2D eigenvalue weighted by molar-refractivity contribution is 0.0787. The SMILES string of the molecule is COc1ccccc1NS(=O)(=O)c1cccc(C(=O)N(C)CCCOc2ccccc2)c1. The van der Waals surface area contributed by atoms with Crippen molar-refractivity contribution in [2.45, 2.75) is 11.3 Å². The molecule has 3 rings (SSSR count). The third-order valence-electron chi connectivity index (χ3n) is 4.74. The Kier molecular flexibility index (Phi) is 7.72. The average Bonchev–Trinajstić information content (AvgIpc) is 2.82. The lowest BCUT2D eigenvalue weighted by atomic mass is 10.2. The van der Waals surface area contributed by atoms with Crippen LogP contribution in [0.5, 0.6) is 11.5 Å². The summed E-state index contributed by atoms with van der Waals surface area (Å²) in [5.74, 6) is 0.918. The number of amides is 1. The van der Waals surface area contributed by atoms with Crippen molar-refractivity contribution in [1.29, 1.82) is 0 Å². The van der Waals surface area contributed by atoms with Gasteiger partial charge in [0, 0.05) is 19.2 Å². The molecule has 0 heterocycles. The number of carbonyl (C=O) groups excluding carboxylic acids is 1. The van der Waals surface area contributed by atoms with Crippen LogP contribution < -0.4 is 14.2 Å². The summed E-state index contributed by atoms with van der Waals surface area (Å²) in [5, 5.41) is 0. The molecule has 0 aliphatic rings. The van der Waals surface area contributed by atoms with Crippen molar-refractivity contribution >= 4 is 21.6 Å². The van der Waals surface area contributed by atoms with E-state index in [1.165, 1.54) is 19.2 Å². The van der Waals surface area contributed by atoms with Crippen molar-refractivity contribution < 1.29 is 22.7 Å². The smallest absolute Gasteiger partial charge is 0.262 e. The molecule has 1 N–H and O–H groups in total. The molecule has 0 unspecified atom stereocenters. The summed E-state index contributed by atoms with van der Waals surface area (Å²) in [6, 6.07) is 22.2. The minimum absolute atomic E-state index is 0.00457. The van der Waals surface area contributed by atoms with E-state index in [0.29, 0.717) is 36.6 Å². The number of para-hydroxylation sites is 3. The fraction of sp³-hybridized carbons (Fsp3) is 0.208. The van der Waals surface area contributed by atoms with Crippen LogP contribution in [0, 0.1) is 0 Å². The van der Waals surface area contributed by atoms with Gasteiger partial charge < -0.3 is 14.4 Å². The molecule has 0 saturated carbocycles. The highest BCUT2D eigenvalue weighted by Crippen LogP contribution is 2.26. The maximum atomic E-state index is 12.9. The number of methoxy groups -OCH3 is 1. The zero-order chi connectivity index (χ0) is 23.0. The summed E-state index contributed by atoms with van der Waals surface area (Å²) >= 11 is 0. The van der Waals surface area contributed by atoms with E-state index >= 15 is 0 Å². The number of hydrogen-bond donors (Lipinski definition) is 1. The van der Waals surface area contributed by atoms with Gasteiger partial charge in [-0.15, -0.1) is 0 Å². The predicted octanol–water partition coefficient (Wildman–Crippen LogP) is 4.04. The van der Waals surface area contributed by atoms with E-state index in [1.54, 1.807) is 48.3 Å². The minimum atomic E-state index is -3.90. The Morgan fingerprint density at radius 2 is 1.69 bits per heavy atom. The second-order valence-electron chi connectivity index (χ2n) is 7.08. The third kappa shape index (κ3) is 6.01. The predicted molar refractivity (Wildman–Crippen MR) is 124 cm³/mol. The first-order chi connectivity index (χ1) is 15.4. The molecule has 0 spiro atoms. The molecule has 0 aromatic heterocycles. The van der Waals surface area contributed by atoms with E-state index in [1.807, 2.05) is 30.3 Å². The summed E-state index contributed by atoms with van der Waals surface area (Å²) in [5.41, 5.74) is 0.613. The van der Waals surface area contributed by atoms with Crippen molar-refractivity contribution in [3.8, 4) is 11.5 Å². The summed E-state index contributed by atoms with van der Waals surface area (Å²) in [7, 11) is -0.755. The molecule has 0 radical (unpaired) electrons. The molecular weight excluding hydrogens is 428 g/mol. The second-order valence-corrected chi connectivity index (χ2v) is 8.76. The van der Waals surface area contributed by atoms with Crippen LogP contribution in [-0.4, -0.2) is 46.5 Å². The highest BCUT2D eigenvalue weighted by Gasteiger charge is 2.19. The molecule has 0 bridgehead atoms. The van der Waals surface area contributed by atoms with Crippen molar-refractivity contribution in [3.05, 3.63) is 84.4 Å². The number of hydrogen-bond acceptors (Lipinski definition) is 5. The number of anilines is 1. The van der Waals surface area contributed by atoms with Gasteiger partial charge in [-0.1, -0.05) is 36.4 Å². The molecule has 32 heavy (non-hydrogen) atoms. The Morgan fingerprint density at radius 3 is 2.44 bits per heavy atom. The first-order valence-electron chi connectivity index (χ1n) is 10.1. The van der Waals surface area contributed by atoms with Gasteiger partial charge in [0.2, 0.25) is 0 Å². The molecule has 7 nitrogen and oxygen atoms in total. The number of rotatable bonds is 10. The molecule has 0 atom stereocenters. The zero-order valence-corrected chi connectivity index (χ0v) is 18.8. The number of carbonyl (C=O) groups is 1. The Morgan fingerprint density at radius 1 is 0.969 bits per heavy atom. The molecule has 0 fully saturated rings. The van der Waals surface area contributed by atoms with Gasteiger partial charge in [0.1, 0.15) is 11.5 Å². The second kappa shape index (κ2) is 10.7. The van der Waals surface area contributed by atoms with Gasteiger partial charge in [-0.2, -0.15) is 0 Å². The van der Waals surface area contributed by atoms with Gasteiger partial charge in [-0.3, -0.25) is 9.52 Å². The number of ether oxygens (including phenoxy) is 2. The van der Waals surface area contributed by atoms with Gasteiger partial charge in [0.15, 0.2) is 0 Å². The lowest BCUT2D eigenvalue weighted by Crippen LogP contribution is -2.29. The molecule has 0 aliphatic carbocycles. The first-order valence-corrected chi connectivity index (χ1v) is 11.6. The van der Waals surface area contributed by atoms with Crippen molar-refractivity contribution in [3.63, 3.8) is 0 Å². The number of benzene rings is 3. The van der Waals surface area contributed by atoms with Gasteiger partial charge in [-0.25, -0.2) is 8.42 Å². The van der Waals surface area contributed by atoms with Crippen LogP contribution in [0.2, 0.25) is 0 Å². The van der Waals surface area contributed by atoms with Crippen molar-refractivity contribution in [1.82, 2.24) is 4.90 Å². The molecule has 3 aromatic rings. The van der Waals surface area contributed by atoms with Crippen LogP contribution >= 0.6 is 0 Å². The van der Waals surface area contributed by atoms with Crippen molar-refractivity contribution in [2.75, 3.05) is 32.0 Å². The summed E-state index contributed by atoms with van der Waals surface area (Å²) in [6.45, 7) is 0.945. The van der Waals surface area contributed by atoms with E-state index in [2.05, 4.69) is 4.72 Å². The molecule has 8 heteroatoms. The van der Waals surface area contributed by atoms with Gasteiger partial charge in [0.25, 0.3) is 15.9 Å². The number of nitrogens with zero attached hydrogens (tertiary/aromatic N) is 1. The van der Waals surface area contributed by atoms with Crippen LogP contribution in [0.4, 0.5) is 5.69 Å². The Balaban J connectivity index is 1.63. The lowest BCUT2D eigenvalue weighted by Gasteiger charge is -2.18. The fourth-order valence-corrected chi connectivity index (χ4v) is 4.18. The van der Waals surface area contributed by atoms with E-state index in [4.69, 9.17) is 9.47 Å². The first kappa shape index (κ1) is 23.1. The van der Waals surface area contributed by atoms with Gasteiger partial charge in [0.05, 0.1) is 24.3 Å². The maximum absolute atomic E-state index is 12.9. The van der Waals surface area contributed by atoms with Crippen LogP contribution in [-0.2, 0) is 10.0 Å². The highest BCUT2D eigenvalue weighted by atomic mass is 32.2. The van der Waals surface area contributed by atoms with Crippen LogP contribution in [0.1, 0.15) is 16.8 Å². The maximum Gasteiger partial charge on any atom is 0.262 e. The zero-order valence-electron chi connectivity index (χ0n) is 18.0. The van der Waals surface area contributed by atoms with E-state index in [9.17, 15) is 13.2 Å². The summed E-state index contributed by atoms with van der Waals surface area (Å²) in [6.07, 6.45) is 0.643. The average molecular weight is 455 g/mol. The summed E-state index contributed by atoms with van der Waals surface area (Å²) < 4.78 is 39.1. The standard InChI is InChI=1S/C24H26N2O5S/c1-26(16-9-17-31-20-11-4-3-5-12-20)24(27)19-10-8-13-21(18-19)32(28,29)25-22-14-6-7-15-23(22)30-2/h3-8,10-15,18,25H,9,16-17H2,1-2H3. The van der Waals surface area contributed by atoms with E-state index in [-0.39, 0.29) is 10.8 Å². The number of sulfonamides is 1. The molecule has 0 saturated heterocycles. The minimum Gasteiger partial charge on any atom is -0.495 e. The van der Waals surface area contributed by atoms with Crippen LogP contribution in [0.25, 0.3) is 0 Å². The molecule has 168 valence electrons. The Hall–Kier alpha value is -3.52. The normalized spacial score (nSPS) is 10.9. The van der Waals surface area contributed by atoms with Gasteiger partial charge >= 0.3 is 0 Å². The highest BCUT2D eigenvalue weighted by molar-refractivity contribution is 7.92. The van der Waals surface area contributed by atoms with Crippen molar-refractivity contribution in [2.24, 2.45) is 0 Å². The topological polar surface area (TPSA) is 84.9 Å². The Labute approximate surface area is 188 Å². The molecule has 0 aliphatic heterocycles. The fourth-order valence-electron chi connectivity index (χ4n) is 3.06. The van der Waals surface area contributed by atoms with E-state index in [0.717, 1.165) is 5.75 Å². The third-order valence-corrected chi connectivity index (χ3v) is 6.10. The molecule has 3 aromatic carbocycles. The van der Waals surface area contributed by atoms with Gasteiger partial charge in [-0.05, 0) is 48.9 Å². The monoisotopic (exact) mass is 454 g/mol. The van der Waals surface area contributed by atoms with Crippen LogP contribution in [0.3, 0.4) is 0 Å². The molecular formula is C24H26N2O5S. The summed E-state index contributed by atoms with van der Waals surface area (Å²) in [4.78, 5) is 14.3. The van der Waals surface area contributed by atoms with E-state index < -0.39 is 10.0 Å². The largest absolute Gasteiger partial charge is 0.495 e.